The summed E-state index contributed by atoms with van der Waals surface area (Å²) in [5.41, 5.74) is -0.822. The maximum atomic E-state index is 12.5. The van der Waals surface area contributed by atoms with Gasteiger partial charge in [0, 0.05) is 17.2 Å². The molecule has 5 nitrogen and oxygen atoms in total. The van der Waals surface area contributed by atoms with Crippen molar-refractivity contribution in [2.45, 2.75) is 31.7 Å². The van der Waals surface area contributed by atoms with Crippen molar-refractivity contribution in [3.05, 3.63) is 28.5 Å². The van der Waals surface area contributed by atoms with Crippen LogP contribution in [0.2, 0.25) is 0 Å². The number of nitrogens with zero attached hydrogens (tertiary/aromatic N) is 2. The van der Waals surface area contributed by atoms with Crippen LogP contribution in [-0.4, -0.2) is 39.0 Å². The zero-order chi connectivity index (χ0) is 14.0. The summed E-state index contributed by atoms with van der Waals surface area (Å²) in [5, 5.41) is 9.47. The molecule has 19 heavy (non-hydrogen) atoms. The smallest absolute Gasteiger partial charge is 0.329 e. The van der Waals surface area contributed by atoms with Crippen LogP contribution in [0.5, 0.6) is 0 Å². The van der Waals surface area contributed by atoms with Gasteiger partial charge < -0.3 is 10.0 Å². The van der Waals surface area contributed by atoms with Gasteiger partial charge in [-0.2, -0.15) is 0 Å². The number of amides is 1. The van der Waals surface area contributed by atoms with Crippen molar-refractivity contribution in [2.75, 3.05) is 6.54 Å². The number of aliphatic carboxylic acids is 1. The van der Waals surface area contributed by atoms with Crippen LogP contribution in [0.1, 0.15) is 36.7 Å². The normalized spacial score (nSPS) is 22.5. The van der Waals surface area contributed by atoms with Crippen molar-refractivity contribution < 1.29 is 14.7 Å². The second-order valence-electron chi connectivity index (χ2n) is 4.58. The van der Waals surface area contributed by atoms with E-state index in [0.29, 0.717) is 30.3 Å². The number of likely N-dealkylation sites (tertiary alicyclic amines) is 1. The quantitative estimate of drug-likeness (QED) is 0.925. The lowest BCUT2D eigenvalue weighted by Gasteiger charge is -2.33. The molecule has 1 amide bonds. The molecule has 1 saturated heterocycles. The lowest BCUT2D eigenvalue weighted by Crippen LogP contribution is -2.52. The highest BCUT2D eigenvalue weighted by molar-refractivity contribution is 9.10. The van der Waals surface area contributed by atoms with E-state index in [1.807, 2.05) is 0 Å². The maximum absolute atomic E-state index is 12.5. The van der Waals surface area contributed by atoms with E-state index in [2.05, 4.69) is 20.9 Å². The average molecular weight is 327 g/mol. The Kier molecular flexibility index (Phi) is 3.89. The molecule has 0 radical (unpaired) electrons. The molecule has 0 aromatic carbocycles. The number of carboxylic acid groups (broad SMARTS) is 1. The minimum atomic E-state index is -1.09. The third-order valence-electron chi connectivity index (χ3n) is 3.68. The zero-order valence-electron chi connectivity index (χ0n) is 10.6. The summed E-state index contributed by atoms with van der Waals surface area (Å²) >= 11 is 3.28. The van der Waals surface area contributed by atoms with Crippen LogP contribution in [0.25, 0.3) is 0 Å². The fraction of sp³-hybridized carbons (Fsp3) is 0.462. The highest BCUT2D eigenvalue weighted by Crippen LogP contribution is 2.34. The van der Waals surface area contributed by atoms with E-state index in [1.165, 1.54) is 11.1 Å². The van der Waals surface area contributed by atoms with Gasteiger partial charge in [-0.05, 0) is 47.3 Å². The van der Waals surface area contributed by atoms with Gasteiger partial charge in [0.25, 0.3) is 5.91 Å². The molecular formula is C13H15BrN2O3. The monoisotopic (exact) mass is 326 g/mol. The molecule has 1 aliphatic rings. The second-order valence-corrected chi connectivity index (χ2v) is 5.44. The van der Waals surface area contributed by atoms with Gasteiger partial charge in [0.05, 0.1) is 0 Å². The molecule has 0 aliphatic carbocycles. The SMILES string of the molecule is CCC1(C(=O)O)CCCN1C(=O)c1ncccc1Br. The van der Waals surface area contributed by atoms with Crippen molar-refractivity contribution in [2.24, 2.45) is 0 Å². The molecule has 2 heterocycles. The third-order valence-corrected chi connectivity index (χ3v) is 4.32. The van der Waals surface area contributed by atoms with E-state index in [9.17, 15) is 14.7 Å². The van der Waals surface area contributed by atoms with Crippen LogP contribution in [0.4, 0.5) is 0 Å². The fourth-order valence-electron chi connectivity index (χ4n) is 2.59. The van der Waals surface area contributed by atoms with Crippen molar-refractivity contribution in [3.8, 4) is 0 Å². The highest BCUT2D eigenvalue weighted by Gasteiger charge is 2.49. The lowest BCUT2D eigenvalue weighted by atomic mass is 9.93. The van der Waals surface area contributed by atoms with Crippen molar-refractivity contribution >= 4 is 27.8 Å². The van der Waals surface area contributed by atoms with E-state index in [0.717, 1.165) is 0 Å². The van der Waals surface area contributed by atoms with Gasteiger partial charge in [-0.3, -0.25) is 4.79 Å². The number of hydrogen-bond acceptors (Lipinski definition) is 3. The predicted octanol–water partition coefficient (Wildman–Crippen LogP) is 2.31. The largest absolute Gasteiger partial charge is 0.479 e. The number of pyridine rings is 1. The summed E-state index contributed by atoms with van der Waals surface area (Å²) in [4.78, 5) is 29.6. The molecule has 6 heteroatoms. The number of rotatable bonds is 3. The van der Waals surface area contributed by atoms with Crippen molar-refractivity contribution in [1.29, 1.82) is 0 Å². The Labute approximate surface area is 119 Å². The second kappa shape index (κ2) is 5.28. The molecule has 0 bridgehead atoms. The van der Waals surface area contributed by atoms with Gasteiger partial charge in [-0.25, -0.2) is 9.78 Å². The summed E-state index contributed by atoms with van der Waals surface area (Å²) in [5.74, 6) is -1.26. The Balaban J connectivity index is 2.38. The predicted molar refractivity (Wildman–Crippen MR) is 72.9 cm³/mol. The first-order valence-corrected chi connectivity index (χ1v) is 6.98. The van der Waals surface area contributed by atoms with E-state index < -0.39 is 11.5 Å². The number of carbonyl (C=O) groups is 2. The molecule has 1 atom stereocenters. The molecule has 1 fully saturated rings. The molecule has 0 saturated carbocycles. The molecule has 102 valence electrons. The van der Waals surface area contributed by atoms with Crippen LogP contribution in [-0.2, 0) is 4.79 Å². The first-order chi connectivity index (χ1) is 9.03. The number of carboxylic acids is 1. The number of carbonyl (C=O) groups excluding carboxylic acids is 1. The zero-order valence-corrected chi connectivity index (χ0v) is 12.2. The first kappa shape index (κ1) is 14.0. The number of halogens is 1. The topological polar surface area (TPSA) is 70.5 Å². The van der Waals surface area contributed by atoms with Gasteiger partial charge >= 0.3 is 5.97 Å². The molecule has 1 N–H and O–H groups in total. The summed E-state index contributed by atoms with van der Waals surface area (Å²) in [7, 11) is 0. The average Bonchev–Trinajstić information content (AvgIpc) is 2.83. The van der Waals surface area contributed by atoms with E-state index in [-0.39, 0.29) is 11.6 Å². The molecule has 0 spiro atoms. The van der Waals surface area contributed by atoms with Gasteiger partial charge in [-0.15, -0.1) is 0 Å². The fourth-order valence-corrected chi connectivity index (χ4v) is 3.01. The first-order valence-electron chi connectivity index (χ1n) is 6.19. The Bertz CT molecular complexity index is 520. The minimum Gasteiger partial charge on any atom is -0.479 e. The molecule has 1 unspecified atom stereocenters. The van der Waals surface area contributed by atoms with Crippen LogP contribution in [0.3, 0.4) is 0 Å². The summed E-state index contributed by atoms with van der Waals surface area (Å²) in [6.45, 7) is 2.26. The maximum Gasteiger partial charge on any atom is 0.329 e. The Morgan fingerprint density at radius 3 is 2.89 bits per heavy atom. The number of aromatic nitrogens is 1. The highest BCUT2D eigenvalue weighted by atomic mass is 79.9. The Morgan fingerprint density at radius 1 is 1.58 bits per heavy atom. The van der Waals surface area contributed by atoms with Crippen molar-refractivity contribution in [1.82, 2.24) is 9.88 Å². The summed E-state index contributed by atoms with van der Waals surface area (Å²) in [6.07, 6.45) is 3.13. The van der Waals surface area contributed by atoms with Crippen molar-refractivity contribution in [3.63, 3.8) is 0 Å². The molecule has 2 rings (SSSR count). The van der Waals surface area contributed by atoms with Crippen LogP contribution >= 0.6 is 15.9 Å². The number of hydrogen-bond donors (Lipinski definition) is 1. The van der Waals surface area contributed by atoms with Crippen LogP contribution in [0.15, 0.2) is 22.8 Å². The van der Waals surface area contributed by atoms with Gasteiger partial charge in [0.1, 0.15) is 11.2 Å². The molecule has 1 aliphatic heterocycles. The van der Waals surface area contributed by atoms with Crippen LogP contribution in [0, 0.1) is 0 Å². The van der Waals surface area contributed by atoms with E-state index in [4.69, 9.17) is 0 Å². The summed E-state index contributed by atoms with van der Waals surface area (Å²) < 4.78 is 0.585. The minimum absolute atomic E-state index is 0.267. The van der Waals surface area contributed by atoms with Crippen LogP contribution < -0.4 is 0 Å². The standard InChI is InChI=1S/C13H15BrN2O3/c1-2-13(12(18)19)6-4-8-16(13)11(17)10-9(14)5-3-7-15-10/h3,5,7H,2,4,6,8H2,1H3,(H,18,19). The lowest BCUT2D eigenvalue weighted by molar-refractivity contribution is -0.148. The molecule has 1 aromatic heterocycles. The summed E-state index contributed by atoms with van der Waals surface area (Å²) in [6, 6.07) is 3.44. The Morgan fingerprint density at radius 2 is 2.32 bits per heavy atom. The Hall–Kier alpha value is -1.43. The third kappa shape index (κ3) is 2.25. The van der Waals surface area contributed by atoms with Gasteiger partial charge in [-0.1, -0.05) is 6.92 Å². The van der Waals surface area contributed by atoms with E-state index >= 15 is 0 Å². The van der Waals surface area contributed by atoms with Gasteiger partial charge in [0.15, 0.2) is 0 Å². The van der Waals surface area contributed by atoms with E-state index in [1.54, 1.807) is 19.1 Å². The molecule has 1 aromatic rings. The van der Waals surface area contributed by atoms with Gasteiger partial charge in [0.2, 0.25) is 0 Å². The molecular weight excluding hydrogens is 312 g/mol.